The molecule has 4 N–H and O–H groups in total. The minimum Gasteiger partial charge on any atom is -0.328 e. The van der Waals surface area contributed by atoms with Gasteiger partial charge in [-0.15, -0.1) is 0 Å². The Bertz CT molecular complexity index is 230. The monoisotopic (exact) mass is 285 g/mol. The normalized spacial score (nSPS) is 18.3. The van der Waals surface area contributed by atoms with Gasteiger partial charge in [-0.3, -0.25) is 4.90 Å². The molecule has 0 saturated carbocycles. The van der Waals surface area contributed by atoms with Crippen LogP contribution in [0.25, 0.3) is 0 Å². The van der Waals surface area contributed by atoms with E-state index in [0.717, 1.165) is 32.4 Å². The van der Waals surface area contributed by atoms with Crippen molar-refractivity contribution >= 4 is 0 Å². The van der Waals surface area contributed by atoms with Gasteiger partial charge in [-0.05, 0) is 51.0 Å². The summed E-state index contributed by atoms with van der Waals surface area (Å²) in [7, 11) is 0. The number of nitrogens with zero attached hydrogens (tertiary/aromatic N) is 1. The molecule has 0 aliphatic heterocycles. The molecule has 0 rings (SSSR count). The Hall–Kier alpha value is -0.120. The third-order valence-corrected chi connectivity index (χ3v) is 4.67. The highest BCUT2D eigenvalue weighted by atomic mass is 15.2. The molecule has 3 heteroatoms. The van der Waals surface area contributed by atoms with Crippen LogP contribution in [-0.4, -0.2) is 36.1 Å². The fraction of sp³-hybridized carbons (Fsp3) is 1.00. The van der Waals surface area contributed by atoms with Crippen molar-refractivity contribution in [2.45, 2.75) is 85.4 Å². The largest absolute Gasteiger partial charge is 0.328 e. The van der Waals surface area contributed by atoms with E-state index in [-0.39, 0.29) is 0 Å². The molecule has 20 heavy (non-hydrogen) atoms. The number of nitrogens with two attached hydrogens (primary N) is 2. The van der Waals surface area contributed by atoms with E-state index in [1.165, 1.54) is 6.42 Å². The predicted molar refractivity (Wildman–Crippen MR) is 90.8 cm³/mol. The first-order chi connectivity index (χ1) is 9.31. The van der Waals surface area contributed by atoms with Gasteiger partial charge in [0, 0.05) is 24.7 Å². The lowest BCUT2D eigenvalue weighted by Crippen LogP contribution is -2.45. The van der Waals surface area contributed by atoms with E-state index < -0.39 is 0 Å². The van der Waals surface area contributed by atoms with Crippen LogP contribution in [0.4, 0.5) is 0 Å². The van der Waals surface area contributed by atoms with E-state index in [1.54, 1.807) is 0 Å². The van der Waals surface area contributed by atoms with Gasteiger partial charge in [-0.2, -0.15) is 0 Å². The van der Waals surface area contributed by atoms with Crippen LogP contribution < -0.4 is 11.5 Å². The highest BCUT2D eigenvalue weighted by Crippen LogP contribution is 2.16. The molecule has 0 bridgehead atoms. The third kappa shape index (κ3) is 8.23. The molecule has 122 valence electrons. The van der Waals surface area contributed by atoms with Crippen molar-refractivity contribution in [1.82, 2.24) is 4.90 Å². The molecule has 0 amide bonds. The van der Waals surface area contributed by atoms with Gasteiger partial charge in [0.2, 0.25) is 0 Å². The molecular weight excluding hydrogens is 246 g/mol. The van der Waals surface area contributed by atoms with Gasteiger partial charge in [-0.25, -0.2) is 0 Å². The van der Waals surface area contributed by atoms with E-state index >= 15 is 0 Å². The lowest BCUT2D eigenvalue weighted by atomic mass is 9.96. The number of hydrogen-bond acceptors (Lipinski definition) is 3. The van der Waals surface area contributed by atoms with Gasteiger partial charge in [0.25, 0.3) is 0 Å². The second-order valence-electron chi connectivity index (χ2n) is 6.95. The van der Waals surface area contributed by atoms with Gasteiger partial charge < -0.3 is 11.5 Å². The van der Waals surface area contributed by atoms with Crippen LogP contribution in [-0.2, 0) is 0 Å². The fourth-order valence-electron chi connectivity index (χ4n) is 2.50. The molecule has 0 saturated heterocycles. The lowest BCUT2D eigenvalue weighted by Gasteiger charge is -2.34. The van der Waals surface area contributed by atoms with Gasteiger partial charge in [0.05, 0.1) is 0 Å². The average molecular weight is 286 g/mol. The Kier molecular flexibility index (Phi) is 10.5. The highest BCUT2D eigenvalue weighted by molar-refractivity contribution is 4.76. The summed E-state index contributed by atoms with van der Waals surface area (Å²) < 4.78 is 0. The molecule has 0 aromatic rings. The van der Waals surface area contributed by atoms with Crippen molar-refractivity contribution in [3.63, 3.8) is 0 Å². The molecule has 3 nitrogen and oxygen atoms in total. The molecule has 0 aromatic heterocycles. The quantitative estimate of drug-likeness (QED) is 0.613. The first-order valence-electron chi connectivity index (χ1n) is 8.56. The van der Waals surface area contributed by atoms with Crippen molar-refractivity contribution in [2.24, 2.45) is 23.3 Å². The smallest absolute Gasteiger partial charge is 0.0165 e. The molecule has 0 radical (unpaired) electrons. The van der Waals surface area contributed by atoms with E-state index in [2.05, 4.69) is 46.4 Å². The van der Waals surface area contributed by atoms with Gasteiger partial charge in [0.15, 0.2) is 0 Å². The average Bonchev–Trinajstić information content (AvgIpc) is 2.41. The van der Waals surface area contributed by atoms with Crippen LogP contribution in [0.1, 0.15) is 67.2 Å². The van der Waals surface area contributed by atoms with Crippen LogP contribution in [0.3, 0.4) is 0 Å². The Labute approximate surface area is 127 Å². The number of hydrogen-bond donors (Lipinski definition) is 2. The molecule has 4 atom stereocenters. The third-order valence-electron chi connectivity index (χ3n) is 4.67. The zero-order chi connectivity index (χ0) is 15.7. The maximum atomic E-state index is 6.16. The summed E-state index contributed by atoms with van der Waals surface area (Å²) in [4.78, 5) is 2.58. The maximum Gasteiger partial charge on any atom is 0.0165 e. The fourth-order valence-corrected chi connectivity index (χ4v) is 2.50. The molecule has 0 heterocycles. The molecule has 3 unspecified atom stereocenters. The maximum absolute atomic E-state index is 6.16. The molecule has 0 aliphatic carbocycles. The summed E-state index contributed by atoms with van der Waals surface area (Å²) in [6, 6.07) is 1.25. The zero-order valence-electron chi connectivity index (χ0n) is 14.7. The summed E-state index contributed by atoms with van der Waals surface area (Å²) in [6.07, 6.45) is 4.50. The lowest BCUT2D eigenvalue weighted by molar-refractivity contribution is 0.147. The summed E-state index contributed by atoms with van der Waals surface area (Å²) >= 11 is 0. The Balaban J connectivity index is 4.34. The molecular formula is C17H39N3. The van der Waals surface area contributed by atoms with E-state index in [4.69, 9.17) is 11.5 Å². The molecule has 0 fully saturated rings. The summed E-state index contributed by atoms with van der Waals surface area (Å²) in [6.45, 7) is 15.8. The van der Waals surface area contributed by atoms with Crippen LogP contribution >= 0.6 is 0 Å². The molecule has 0 aliphatic rings. The minimum atomic E-state index is 0.296. The van der Waals surface area contributed by atoms with Crippen molar-refractivity contribution in [2.75, 3.05) is 13.1 Å². The van der Waals surface area contributed by atoms with Crippen LogP contribution in [0.5, 0.6) is 0 Å². The molecule has 0 aromatic carbocycles. The van der Waals surface area contributed by atoms with Crippen LogP contribution in [0.2, 0.25) is 0 Å². The Morgan fingerprint density at radius 1 is 0.900 bits per heavy atom. The second-order valence-corrected chi connectivity index (χ2v) is 6.95. The SMILES string of the molecule is CCC(N)C[C@H](C)CCN(CC(N)CC)C(C)C(C)C. The van der Waals surface area contributed by atoms with Crippen molar-refractivity contribution in [1.29, 1.82) is 0 Å². The topological polar surface area (TPSA) is 55.3 Å². The number of rotatable bonds is 11. The first kappa shape index (κ1) is 19.9. The van der Waals surface area contributed by atoms with Crippen LogP contribution in [0.15, 0.2) is 0 Å². The predicted octanol–water partition coefficient (Wildman–Crippen LogP) is 3.22. The van der Waals surface area contributed by atoms with E-state index in [9.17, 15) is 0 Å². The highest BCUT2D eigenvalue weighted by Gasteiger charge is 2.20. The standard InChI is InChI=1S/C17H39N3/c1-7-16(18)11-14(5)9-10-20(12-17(19)8-2)15(6)13(3)4/h13-17H,7-12,18-19H2,1-6H3/t14-,15?,16?,17?/m1/s1. The zero-order valence-corrected chi connectivity index (χ0v) is 14.7. The molecule has 0 spiro atoms. The van der Waals surface area contributed by atoms with Crippen molar-refractivity contribution in [3.8, 4) is 0 Å². The van der Waals surface area contributed by atoms with Crippen molar-refractivity contribution < 1.29 is 0 Å². The van der Waals surface area contributed by atoms with E-state index in [0.29, 0.717) is 30.0 Å². The van der Waals surface area contributed by atoms with Gasteiger partial charge in [0.1, 0.15) is 0 Å². The van der Waals surface area contributed by atoms with Crippen LogP contribution in [0, 0.1) is 11.8 Å². The van der Waals surface area contributed by atoms with Crippen molar-refractivity contribution in [3.05, 3.63) is 0 Å². The second kappa shape index (κ2) is 10.6. The minimum absolute atomic E-state index is 0.296. The van der Waals surface area contributed by atoms with Gasteiger partial charge in [-0.1, -0.05) is 34.6 Å². The van der Waals surface area contributed by atoms with Gasteiger partial charge >= 0.3 is 0 Å². The Morgan fingerprint density at radius 2 is 1.45 bits per heavy atom. The summed E-state index contributed by atoms with van der Waals surface area (Å²) in [5.41, 5.74) is 12.2. The Morgan fingerprint density at radius 3 is 1.90 bits per heavy atom. The summed E-state index contributed by atoms with van der Waals surface area (Å²) in [5, 5.41) is 0. The summed E-state index contributed by atoms with van der Waals surface area (Å²) in [5.74, 6) is 1.37. The first-order valence-corrected chi connectivity index (χ1v) is 8.56. The van der Waals surface area contributed by atoms with E-state index in [1.807, 2.05) is 0 Å².